The van der Waals surface area contributed by atoms with Crippen molar-refractivity contribution in [3.63, 3.8) is 0 Å². The topological polar surface area (TPSA) is 0 Å². The Hall–Kier alpha value is 0. The molecule has 0 radical (unpaired) electrons. The highest BCUT2D eigenvalue weighted by Gasteiger charge is 2.32. The van der Waals surface area contributed by atoms with Crippen LogP contribution >= 0.6 is 0 Å². The highest BCUT2D eigenvalue weighted by molar-refractivity contribution is 4.81. The van der Waals surface area contributed by atoms with Crippen LogP contribution in [-0.2, 0) is 0 Å². The summed E-state index contributed by atoms with van der Waals surface area (Å²) in [6.07, 6.45) is 1.29. The zero-order valence-electron chi connectivity index (χ0n) is 9.94. The molecule has 0 saturated heterocycles. The molecule has 0 unspecified atom stereocenters. The van der Waals surface area contributed by atoms with E-state index in [1.54, 1.807) is 0 Å². The van der Waals surface area contributed by atoms with Crippen LogP contribution in [0.5, 0.6) is 0 Å². The van der Waals surface area contributed by atoms with Crippen molar-refractivity contribution in [3.8, 4) is 0 Å². The predicted molar refractivity (Wildman–Crippen MR) is 57.2 cm³/mol. The maximum absolute atomic E-state index is 2.40. The summed E-state index contributed by atoms with van der Waals surface area (Å²) in [7, 11) is 0. The third kappa shape index (κ3) is 2.80. The van der Waals surface area contributed by atoms with Crippen molar-refractivity contribution in [1.82, 2.24) is 0 Å². The summed E-state index contributed by atoms with van der Waals surface area (Å²) in [5.41, 5.74) is 0.502. The van der Waals surface area contributed by atoms with Crippen LogP contribution in [-0.4, -0.2) is 0 Å². The molecule has 0 aliphatic rings. The van der Waals surface area contributed by atoms with E-state index in [0.29, 0.717) is 5.41 Å². The molecule has 0 atom stereocenters. The van der Waals surface area contributed by atoms with Gasteiger partial charge < -0.3 is 0 Å². The Kier molecular flexibility index (Phi) is 4.30. The van der Waals surface area contributed by atoms with Gasteiger partial charge >= 0.3 is 0 Å². The summed E-state index contributed by atoms with van der Waals surface area (Å²) in [5, 5.41) is 0. The van der Waals surface area contributed by atoms with Crippen LogP contribution in [0.3, 0.4) is 0 Å². The summed E-state index contributed by atoms with van der Waals surface area (Å²) in [5.74, 6) is 2.46. The minimum absolute atomic E-state index is 0.502. The zero-order chi connectivity index (χ0) is 9.94. The fourth-order valence-corrected chi connectivity index (χ4v) is 2.81. The average molecular weight is 170 g/mol. The van der Waals surface area contributed by atoms with Crippen LogP contribution in [0.25, 0.3) is 0 Å². The molecule has 0 N–H and O–H groups in total. The molecule has 0 amide bonds. The molecule has 0 fully saturated rings. The molecule has 0 aliphatic heterocycles. The Bertz CT molecular complexity index is 112. The lowest BCUT2D eigenvalue weighted by Crippen LogP contribution is -2.31. The molecular weight excluding hydrogens is 144 g/mol. The number of rotatable bonds is 4. The fourth-order valence-electron chi connectivity index (χ4n) is 2.81. The lowest BCUT2D eigenvalue weighted by atomic mass is 9.66. The van der Waals surface area contributed by atoms with E-state index in [9.17, 15) is 0 Å². The van der Waals surface area contributed by atoms with Gasteiger partial charge in [0.1, 0.15) is 0 Å². The maximum Gasteiger partial charge on any atom is -0.0317 e. The highest BCUT2D eigenvalue weighted by Crippen LogP contribution is 2.40. The Morgan fingerprint density at radius 3 is 1.33 bits per heavy atom. The van der Waals surface area contributed by atoms with Crippen molar-refractivity contribution >= 4 is 0 Å². The lowest BCUT2D eigenvalue weighted by Gasteiger charge is -2.39. The van der Waals surface area contributed by atoms with Gasteiger partial charge in [-0.05, 0) is 23.2 Å². The molecule has 0 heterocycles. The van der Waals surface area contributed by atoms with Crippen molar-refractivity contribution in [3.05, 3.63) is 0 Å². The Morgan fingerprint density at radius 2 is 1.25 bits per heavy atom. The summed E-state index contributed by atoms with van der Waals surface area (Å²) in [6.45, 7) is 16.5. The van der Waals surface area contributed by atoms with Gasteiger partial charge in [0.2, 0.25) is 0 Å². The van der Waals surface area contributed by atoms with Crippen LogP contribution in [0.2, 0.25) is 0 Å². The van der Waals surface area contributed by atoms with Crippen molar-refractivity contribution in [1.29, 1.82) is 0 Å². The van der Waals surface area contributed by atoms with Crippen LogP contribution in [0, 0.1) is 23.2 Å². The Balaban J connectivity index is 4.50. The van der Waals surface area contributed by atoms with Gasteiger partial charge in [-0.15, -0.1) is 0 Å². The van der Waals surface area contributed by atoms with Crippen LogP contribution in [0.1, 0.15) is 54.9 Å². The van der Waals surface area contributed by atoms with Crippen molar-refractivity contribution < 1.29 is 0 Å². The minimum Gasteiger partial charge on any atom is -0.0649 e. The van der Waals surface area contributed by atoms with E-state index < -0.39 is 0 Å². The third-order valence-electron chi connectivity index (χ3n) is 3.25. The second kappa shape index (κ2) is 4.30. The zero-order valence-corrected chi connectivity index (χ0v) is 9.94. The molecule has 0 spiro atoms. The molecule has 0 aromatic carbocycles. The van der Waals surface area contributed by atoms with Gasteiger partial charge in [-0.3, -0.25) is 0 Å². The maximum atomic E-state index is 2.40. The SMILES string of the molecule is CCC(C)(C)C(C(C)C)C(C)C. The third-order valence-corrected chi connectivity index (χ3v) is 3.25. The molecule has 0 aliphatic carbocycles. The monoisotopic (exact) mass is 170 g/mol. The first-order valence-corrected chi connectivity index (χ1v) is 5.33. The van der Waals surface area contributed by atoms with Gasteiger partial charge in [0, 0.05) is 0 Å². The van der Waals surface area contributed by atoms with Crippen molar-refractivity contribution in [2.24, 2.45) is 23.2 Å². The Morgan fingerprint density at radius 1 is 0.917 bits per heavy atom. The molecule has 0 rings (SSSR count). The molecule has 0 bridgehead atoms. The molecule has 0 aromatic rings. The van der Waals surface area contributed by atoms with E-state index in [-0.39, 0.29) is 0 Å². The van der Waals surface area contributed by atoms with Gasteiger partial charge in [-0.2, -0.15) is 0 Å². The van der Waals surface area contributed by atoms with Gasteiger partial charge in [-0.25, -0.2) is 0 Å². The Labute approximate surface area is 78.8 Å². The highest BCUT2D eigenvalue weighted by atomic mass is 14.4. The molecule has 0 heteroatoms. The second-order valence-electron chi connectivity index (χ2n) is 5.36. The minimum atomic E-state index is 0.502. The first kappa shape index (κ1) is 12.0. The van der Waals surface area contributed by atoms with E-state index >= 15 is 0 Å². The predicted octanol–water partition coefficient (Wildman–Crippen LogP) is 4.35. The summed E-state index contributed by atoms with van der Waals surface area (Å²) < 4.78 is 0. The van der Waals surface area contributed by atoms with E-state index in [1.807, 2.05) is 0 Å². The van der Waals surface area contributed by atoms with Crippen LogP contribution in [0.15, 0.2) is 0 Å². The van der Waals surface area contributed by atoms with E-state index in [1.165, 1.54) is 6.42 Å². The molecule has 0 saturated carbocycles. The first-order valence-electron chi connectivity index (χ1n) is 5.33. The van der Waals surface area contributed by atoms with Gasteiger partial charge in [0.15, 0.2) is 0 Å². The second-order valence-corrected chi connectivity index (χ2v) is 5.36. The van der Waals surface area contributed by atoms with E-state index in [0.717, 1.165) is 17.8 Å². The number of hydrogen-bond donors (Lipinski definition) is 0. The smallest absolute Gasteiger partial charge is 0.0317 e. The van der Waals surface area contributed by atoms with E-state index in [4.69, 9.17) is 0 Å². The summed E-state index contributed by atoms with van der Waals surface area (Å²) in [4.78, 5) is 0. The molecule has 0 nitrogen and oxygen atoms in total. The van der Waals surface area contributed by atoms with Crippen LogP contribution in [0.4, 0.5) is 0 Å². The largest absolute Gasteiger partial charge is 0.0649 e. The normalized spacial score (nSPS) is 13.5. The average Bonchev–Trinajstić information content (AvgIpc) is 1.84. The standard InChI is InChI=1S/C12H26/c1-8-12(6,7)11(9(2)3)10(4)5/h9-11H,8H2,1-7H3. The number of hydrogen-bond acceptors (Lipinski definition) is 0. The van der Waals surface area contributed by atoms with Crippen molar-refractivity contribution in [2.75, 3.05) is 0 Å². The van der Waals surface area contributed by atoms with Gasteiger partial charge in [-0.1, -0.05) is 54.9 Å². The van der Waals surface area contributed by atoms with Gasteiger partial charge in [0.05, 0.1) is 0 Å². The quantitative estimate of drug-likeness (QED) is 0.588. The van der Waals surface area contributed by atoms with Gasteiger partial charge in [0.25, 0.3) is 0 Å². The van der Waals surface area contributed by atoms with Crippen molar-refractivity contribution in [2.45, 2.75) is 54.9 Å². The molecular formula is C12H26. The molecule has 0 aromatic heterocycles. The summed E-state index contributed by atoms with van der Waals surface area (Å²) >= 11 is 0. The first-order chi connectivity index (χ1) is 5.33. The fraction of sp³-hybridized carbons (Fsp3) is 1.00. The van der Waals surface area contributed by atoms with Crippen LogP contribution < -0.4 is 0 Å². The molecule has 12 heavy (non-hydrogen) atoms. The summed E-state index contributed by atoms with van der Waals surface area (Å²) in [6, 6.07) is 0. The molecule has 74 valence electrons. The van der Waals surface area contributed by atoms with E-state index in [2.05, 4.69) is 48.5 Å². The lowest BCUT2D eigenvalue weighted by molar-refractivity contribution is 0.101.